The first-order chi connectivity index (χ1) is 14.1. The van der Waals surface area contributed by atoms with Crippen molar-refractivity contribution in [2.75, 3.05) is 0 Å². The number of pyridine rings is 1. The first-order valence-electron chi connectivity index (χ1n) is 8.90. The molecule has 0 unspecified atom stereocenters. The Bertz CT molecular complexity index is 1140. The maximum absolute atomic E-state index is 13.3. The first-order valence-corrected chi connectivity index (χ1v) is 9.28. The number of nitrogens with zero attached hydrogens (tertiary/aromatic N) is 3. The number of aromatic nitrogens is 3. The van der Waals surface area contributed by atoms with E-state index < -0.39 is 0 Å². The van der Waals surface area contributed by atoms with Crippen LogP contribution in [0.25, 0.3) is 16.9 Å². The zero-order valence-electron chi connectivity index (χ0n) is 15.2. The molecule has 4 aromatic rings. The van der Waals surface area contributed by atoms with Crippen LogP contribution in [0.1, 0.15) is 16.2 Å². The summed E-state index contributed by atoms with van der Waals surface area (Å²) in [6.45, 7) is 0.284. The van der Waals surface area contributed by atoms with E-state index in [2.05, 4.69) is 15.4 Å². The number of carbonyl (C=O) groups excluding carboxylic acids is 1. The monoisotopic (exact) mass is 406 g/mol. The molecule has 144 valence electrons. The Morgan fingerprint density at radius 3 is 2.59 bits per heavy atom. The standard InChI is InChI=1S/C22H16ClFN4O/c23-16-4-3-6-19(12-16)28-21(22(29)26-14-18-5-1-2-11-25-18)13-20(27-28)15-7-9-17(24)10-8-15/h1-13H,14H2,(H,26,29). The smallest absolute Gasteiger partial charge is 0.270 e. The molecule has 1 N–H and O–H groups in total. The van der Waals surface area contributed by atoms with Gasteiger partial charge in [0.15, 0.2) is 0 Å². The molecule has 0 saturated carbocycles. The number of halogens is 2. The van der Waals surface area contributed by atoms with Crippen molar-refractivity contribution in [1.82, 2.24) is 20.1 Å². The minimum atomic E-state index is -0.337. The number of benzene rings is 2. The van der Waals surface area contributed by atoms with Crippen molar-refractivity contribution in [2.24, 2.45) is 0 Å². The van der Waals surface area contributed by atoms with Crippen molar-refractivity contribution in [2.45, 2.75) is 6.54 Å². The highest BCUT2D eigenvalue weighted by Gasteiger charge is 2.18. The van der Waals surface area contributed by atoms with Gasteiger partial charge in [0.2, 0.25) is 0 Å². The van der Waals surface area contributed by atoms with Gasteiger partial charge in [0, 0.05) is 16.8 Å². The molecule has 2 aromatic heterocycles. The molecule has 0 bridgehead atoms. The normalized spacial score (nSPS) is 10.7. The summed E-state index contributed by atoms with van der Waals surface area (Å²) in [6.07, 6.45) is 1.67. The summed E-state index contributed by atoms with van der Waals surface area (Å²) in [6, 6.07) is 20.2. The van der Waals surface area contributed by atoms with E-state index in [1.807, 2.05) is 24.3 Å². The summed E-state index contributed by atoms with van der Waals surface area (Å²) in [5.74, 6) is -0.646. The number of amides is 1. The van der Waals surface area contributed by atoms with Crippen LogP contribution < -0.4 is 5.32 Å². The molecule has 0 saturated heterocycles. The van der Waals surface area contributed by atoms with Gasteiger partial charge in [-0.3, -0.25) is 9.78 Å². The molecule has 1 amide bonds. The van der Waals surface area contributed by atoms with Gasteiger partial charge in [-0.15, -0.1) is 0 Å². The Balaban J connectivity index is 1.70. The second-order valence-electron chi connectivity index (χ2n) is 6.32. The summed E-state index contributed by atoms with van der Waals surface area (Å²) >= 11 is 6.12. The summed E-state index contributed by atoms with van der Waals surface area (Å²) in [5, 5.41) is 7.94. The molecule has 0 aliphatic heterocycles. The fourth-order valence-electron chi connectivity index (χ4n) is 2.87. The lowest BCUT2D eigenvalue weighted by molar-refractivity contribution is 0.0942. The van der Waals surface area contributed by atoms with Crippen LogP contribution in [0.2, 0.25) is 5.02 Å². The van der Waals surface area contributed by atoms with Crippen LogP contribution in [-0.2, 0) is 6.54 Å². The molecule has 2 aromatic carbocycles. The number of carbonyl (C=O) groups is 1. The molecule has 4 rings (SSSR count). The zero-order chi connectivity index (χ0) is 20.2. The van der Waals surface area contributed by atoms with Crippen LogP contribution in [0.3, 0.4) is 0 Å². The molecule has 0 radical (unpaired) electrons. The average molecular weight is 407 g/mol. The minimum Gasteiger partial charge on any atom is -0.345 e. The Hall–Kier alpha value is -3.51. The van der Waals surface area contributed by atoms with Gasteiger partial charge in [-0.2, -0.15) is 5.10 Å². The largest absolute Gasteiger partial charge is 0.345 e. The van der Waals surface area contributed by atoms with Gasteiger partial charge in [0.05, 0.1) is 23.6 Å². The molecule has 29 heavy (non-hydrogen) atoms. The third kappa shape index (κ3) is 4.33. The number of rotatable bonds is 5. The first kappa shape index (κ1) is 18.8. The van der Waals surface area contributed by atoms with Crippen LogP contribution >= 0.6 is 11.6 Å². The summed E-state index contributed by atoms with van der Waals surface area (Å²) in [7, 11) is 0. The fraction of sp³-hybridized carbons (Fsp3) is 0.0455. The highest BCUT2D eigenvalue weighted by Crippen LogP contribution is 2.23. The van der Waals surface area contributed by atoms with Gasteiger partial charge < -0.3 is 5.32 Å². The van der Waals surface area contributed by atoms with Crippen LogP contribution in [0.4, 0.5) is 4.39 Å². The molecule has 5 nitrogen and oxygen atoms in total. The van der Waals surface area contributed by atoms with E-state index in [-0.39, 0.29) is 18.3 Å². The van der Waals surface area contributed by atoms with Gasteiger partial charge in [-0.1, -0.05) is 23.7 Å². The molecule has 2 heterocycles. The SMILES string of the molecule is O=C(NCc1ccccn1)c1cc(-c2ccc(F)cc2)nn1-c1cccc(Cl)c1. The van der Waals surface area contributed by atoms with Crippen molar-refractivity contribution < 1.29 is 9.18 Å². The lowest BCUT2D eigenvalue weighted by Crippen LogP contribution is -2.25. The van der Waals surface area contributed by atoms with Gasteiger partial charge in [0.1, 0.15) is 11.5 Å². The number of nitrogens with one attached hydrogen (secondary N) is 1. The molecule has 0 aliphatic rings. The van der Waals surface area contributed by atoms with Gasteiger partial charge in [0.25, 0.3) is 5.91 Å². The Morgan fingerprint density at radius 1 is 1.03 bits per heavy atom. The second-order valence-corrected chi connectivity index (χ2v) is 6.75. The third-order valence-electron chi connectivity index (χ3n) is 4.29. The maximum Gasteiger partial charge on any atom is 0.270 e. The third-order valence-corrected chi connectivity index (χ3v) is 4.53. The fourth-order valence-corrected chi connectivity index (χ4v) is 3.06. The van der Waals surface area contributed by atoms with E-state index in [9.17, 15) is 9.18 Å². The van der Waals surface area contributed by atoms with E-state index >= 15 is 0 Å². The molecular formula is C22H16ClFN4O. The predicted octanol–water partition coefficient (Wildman–Crippen LogP) is 4.66. The van der Waals surface area contributed by atoms with Crippen molar-refractivity contribution >= 4 is 17.5 Å². The molecular weight excluding hydrogens is 391 g/mol. The van der Waals surface area contributed by atoms with Crippen LogP contribution in [-0.4, -0.2) is 20.7 Å². The highest BCUT2D eigenvalue weighted by atomic mass is 35.5. The topological polar surface area (TPSA) is 59.8 Å². The lowest BCUT2D eigenvalue weighted by Gasteiger charge is -2.08. The molecule has 0 spiro atoms. The lowest BCUT2D eigenvalue weighted by atomic mass is 10.1. The van der Waals surface area contributed by atoms with Crippen LogP contribution in [0.5, 0.6) is 0 Å². The Kier molecular flexibility index (Phi) is 5.35. The van der Waals surface area contributed by atoms with Crippen molar-refractivity contribution in [3.05, 3.63) is 101 Å². The number of hydrogen-bond donors (Lipinski definition) is 1. The van der Waals surface area contributed by atoms with Gasteiger partial charge in [-0.25, -0.2) is 9.07 Å². The molecule has 0 fully saturated rings. The van der Waals surface area contributed by atoms with E-state index in [4.69, 9.17) is 11.6 Å². The Morgan fingerprint density at radius 2 is 1.86 bits per heavy atom. The summed E-state index contributed by atoms with van der Waals surface area (Å²) in [5.41, 5.74) is 2.98. The minimum absolute atomic E-state index is 0.284. The van der Waals surface area contributed by atoms with E-state index in [1.54, 1.807) is 42.6 Å². The second kappa shape index (κ2) is 8.24. The highest BCUT2D eigenvalue weighted by molar-refractivity contribution is 6.30. The predicted molar refractivity (Wildman–Crippen MR) is 109 cm³/mol. The van der Waals surface area contributed by atoms with E-state index in [0.29, 0.717) is 27.7 Å². The summed E-state index contributed by atoms with van der Waals surface area (Å²) < 4.78 is 14.8. The zero-order valence-corrected chi connectivity index (χ0v) is 16.0. The average Bonchev–Trinajstić information content (AvgIpc) is 3.19. The Labute approximate surface area is 171 Å². The molecule has 0 atom stereocenters. The molecule has 7 heteroatoms. The quantitative estimate of drug-likeness (QED) is 0.524. The van der Waals surface area contributed by atoms with Crippen molar-refractivity contribution in [3.8, 4) is 16.9 Å². The van der Waals surface area contributed by atoms with Crippen LogP contribution in [0, 0.1) is 5.82 Å². The van der Waals surface area contributed by atoms with Gasteiger partial charge in [-0.05, 0) is 60.7 Å². The van der Waals surface area contributed by atoms with Crippen LogP contribution in [0.15, 0.2) is 79.0 Å². The van der Waals surface area contributed by atoms with Gasteiger partial charge >= 0.3 is 0 Å². The molecule has 0 aliphatic carbocycles. The maximum atomic E-state index is 13.3. The van der Waals surface area contributed by atoms with Crippen molar-refractivity contribution in [3.63, 3.8) is 0 Å². The van der Waals surface area contributed by atoms with Crippen molar-refractivity contribution in [1.29, 1.82) is 0 Å². The summed E-state index contributed by atoms with van der Waals surface area (Å²) in [4.78, 5) is 17.1. The van der Waals surface area contributed by atoms with E-state index in [1.165, 1.54) is 16.8 Å². The van der Waals surface area contributed by atoms with E-state index in [0.717, 1.165) is 5.69 Å². The number of hydrogen-bond acceptors (Lipinski definition) is 3.